The van der Waals surface area contributed by atoms with Crippen LogP contribution >= 0.6 is 0 Å². The maximum atomic E-state index is 13.5. The van der Waals surface area contributed by atoms with E-state index in [4.69, 9.17) is 9.47 Å². The Bertz CT molecular complexity index is 569. The minimum absolute atomic E-state index is 0.0336. The summed E-state index contributed by atoms with van der Waals surface area (Å²) in [6.07, 6.45) is 6.59. The number of rotatable bonds is 13. The van der Waals surface area contributed by atoms with Gasteiger partial charge in [-0.1, -0.05) is 47.0 Å². The summed E-state index contributed by atoms with van der Waals surface area (Å²) in [6, 6.07) is 0.279. The van der Waals surface area contributed by atoms with E-state index in [1.165, 1.54) is 0 Å². The Kier molecular flexibility index (Phi) is 9.61. The number of hydrogen-bond donors (Lipinski definition) is 1. The summed E-state index contributed by atoms with van der Waals surface area (Å²) in [6.45, 7) is 8.59. The zero-order valence-corrected chi connectivity index (χ0v) is 20.1. The monoisotopic (exact) mass is 424 g/mol. The first-order valence-corrected chi connectivity index (χ1v) is 11.9. The van der Waals surface area contributed by atoms with Gasteiger partial charge in [-0.15, -0.1) is 0 Å². The summed E-state index contributed by atoms with van der Waals surface area (Å²) in [5, 5.41) is 2.72. The zero-order chi connectivity index (χ0) is 22.4. The molecule has 0 bridgehead atoms. The van der Waals surface area contributed by atoms with E-state index >= 15 is 0 Å². The number of nitrogens with one attached hydrogen (secondary N) is 1. The van der Waals surface area contributed by atoms with Gasteiger partial charge in [-0.2, -0.15) is 0 Å². The first kappa shape index (κ1) is 25.1. The Balaban J connectivity index is 2.14. The van der Waals surface area contributed by atoms with Gasteiger partial charge in [0.2, 0.25) is 11.8 Å². The fourth-order valence-corrected chi connectivity index (χ4v) is 5.50. The molecule has 6 heteroatoms. The highest BCUT2D eigenvalue weighted by atomic mass is 16.5. The molecular formula is C24H44N2O4. The fourth-order valence-electron chi connectivity index (χ4n) is 5.50. The largest absolute Gasteiger partial charge is 0.381 e. The molecule has 2 rings (SSSR count). The second-order valence-electron chi connectivity index (χ2n) is 9.44. The standard InChI is InChI=1S/C24H44N2O4/c1-8-10-11-18(15(3)9-2)21(29-6)14-22(27)26-19-12-17(19)13-20(26)23(30-7)16(4)24(28)25-5/h15-21,23H,8-14H2,1-7H3,(H,25,28)/t15?,16?,17?,18?,19?,20?,21?,23-/m1/s1. The van der Waals surface area contributed by atoms with E-state index in [0.717, 1.165) is 38.5 Å². The summed E-state index contributed by atoms with van der Waals surface area (Å²) >= 11 is 0. The SMILES string of the molecule is CCCCC(C(C)CC)C(CC(=O)N1C2CC2CC1[C@H](OC)C(C)C(=O)NC)OC. The summed E-state index contributed by atoms with van der Waals surface area (Å²) in [5.74, 6) is 1.29. The average molecular weight is 425 g/mol. The van der Waals surface area contributed by atoms with Gasteiger partial charge < -0.3 is 19.7 Å². The van der Waals surface area contributed by atoms with E-state index in [0.29, 0.717) is 30.2 Å². The summed E-state index contributed by atoms with van der Waals surface area (Å²) in [4.78, 5) is 27.8. The summed E-state index contributed by atoms with van der Waals surface area (Å²) in [5.41, 5.74) is 0. The van der Waals surface area contributed by atoms with Crippen molar-refractivity contribution >= 4 is 11.8 Å². The molecule has 6 nitrogen and oxygen atoms in total. The van der Waals surface area contributed by atoms with Gasteiger partial charge in [-0.3, -0.25) is 9.59 Å². The van der Waals surface area contributed by atoms with Gasteiger partial charge in [0.15, 0.2) is 0 Å². The molecule has 2 aliphatic rings. The van der Waals surface area contributed by atoms with Crippen LogP contribution in [-0.2, 0) is 19.1 Å². The van der Waals surface area contributed by atoms with Gasteiger partial charge in [0.25, 0.3) is 0 Å². The van der Waals surface area contributed by atoms with Crippen LogP contribution in [0.15, 0.2) is 0 Å². The Hall–Kier alpha value is -1.14. The third kappa shape index (κ3) is 5.56. The van der Waals surface area contributed by atoms with Crippen molar-refractivity contribution in [2.75, 3.05) is 21.3 Å². The van der Waals surface area contributed by atoms with Gasteiger partial charge >= 0.3 is 0 Å². The molecule has 8 atom stereocenters. The van der Waals surface area contributed by atoms with Crippen LogP contribution in [0.5, 0.6) is 0 Å². The van der Waals surface area contributed by atoms with Crippen LogP contribution in [0.2, 0.25) is 0 Å². The second kappa shape index (κ2) is 11.5. The van der Waals surface area contributed by atoms with Gasteiger partial charge in [0.05, 0.1) is 30.6 Å². The number of nitrogens with zero attached hydrogens (tertiary/aromatic N) is 1. The molecule has 30 heavy (non-hydrogen) atoms. The molecule has 1 aliphatic carbocycles. The molecule has 1 aliphatic heterocycles. The van der Waals surface area contributed by atoms with E-state index < -0.39 is 0 Å². The highest BCUT2D eigenvalue weighted by Gasteiger charge is 2.57. The Morgan fingerprint density at radius 2 is 1.83 bits per heavy atom. The lowest BCUT2D eigenvalue weighted by molar-refractivity contribution is -0.144. The minimum Gasteiger partial charge on any atom is -0.381 e. The summed E-state index contributed by atoms with van der Waals surface area (Å²) in [7, 11) is 5.04. The molecule has 0 aromatic heterocycles. The lowest BCUT2D eigenvalue weighted by Crippen LogP contribution is -2.51. The van der Waals surface area contributed by atoms with Crippen molar-refractivity contribution in [2.45, 2.75) is 96.9 Å². The Morgan fingerprint density at radius 3 is 2.37 bits per heavy atom. The molecular weight excluding hydrogens is 380 g/mol. The van der Waals surface area contributed by atoms with E-state index in [2.05, 4.69) is 31.0 Å². The quantitative estimate of drug-likeness (QED) is 0.490. The maximum absolute atomic E-state index is 13.5. The molecule has 1 saturated carbocycles. The minimum atomic E-state index is -0.298. The lowest BCUT2D eigenvalue weighted by atomic mass is 9.81. The molecule has 2 amide bonds. The number of hydrogen-bond acceptors (Lipinski definition) is 4. The second-order valence-corrected chi connectivity index (χ2v) is 9.44. The van der Waals surface area contributed by atoms with Crippen molar-refractivity contribution in [1.82, 2.24) is 10.2 Å². The normalized spacial score (nSPS) is 27.7. The van der Waals surface area contributed by atoms with E-state index in [1.54, 1.807) is 21.3 Å². The van der Waals surface area contributed by atoms with Crippen molar-refractivity contribution in [3.05, 3.63) is 0 Å². The molecule has 1 heterocycles. The van der Waals surface area contributed by atoms with Crippen LogP contribution in [0.4, 0.5) is 0 Å². The number of fused-ring (bicyclic) bond motifs is 1. The highest BCUT2D eigenvalue weighted by molar-refractivity contribution is 5.80. The van der Waals surface area contributed by atoms with Crippen LogP contribution in [0.3, 0.4) is 0 Å². The molecule has 0 aromatic carbocycles. The molecule has 0 radical (unpaired) electrons. The number of unbranched alkanes of at least 4 members (excludes halogenated alkanes) is 1. The number of methoxy groups -OCH3 is 2. The molecule has 1 N–H and O–H groups in total. The topological polar surface area (TPSA) is 67.9 Å². The number of piperidine rings is 1. The fraction of sp³-hybridized carbons (Fsp3) is 0.917. The number of amides is 2. The number of likely N-dealkylation sites (tertiary alicyclic amines) is 1. The van der Waals surface area contributed by atoms with Crippen molar-refractivity contribution in [2.24, 2.45) is 23.7 Å². The van der Waals surface area contributed by atoms with Gasteiger partial charge in [0, 0.05) is 27.3 Å². The molecule has 7 unspecified atom stereocenters. The van der Waals surface area contributed by atoms with Gasteiger partial charge in [-0.25, -0.2) is 0 Å². The van der Waals surface area contributed by atoms with Crippen LogP contribution in [0, 0.1) is 23.7 Å². The Morgan fingerprint density at radius 1 is 1.13 bits per heavy atom. The predicted octanol–water partition coefficient (Wildman–Crippen LogP) is 3.63. The van der Waals surface area contributed by atoms with Crippen LogP contribution in [-0.4, -0.2) is 62.3 Å². The summed E-state index contributed by atoms with van der Waals surface area (Å²) < 4.78 is 11.7. The first-order chi connectivity index (χ1) is 14.3. The van der Waals surface area contributed by atoms with Crippen molar-refractivity contribution < 1.29 is 19.1 Å². The van der Waals surface area contributed by atoms with Crippen LogP contribution in [0.25, 0.3) is 0 Å². The molecule has 0 spiro atoms. The van der Waals surface area contributed by atoms with Crippen LogP contribution < -0.4 is 5.32 Å². The molecule has 0 aromatic rings. The molecule has 174 valence electrons. The van der Waals surface area contributed by atoms with E-state index in [-0.39, 0.29) is 36.0 Å². The lowest BCUT2D eigenvalue weighted by Gasteiger charge is -2.37. The first-order valence-electron chi connectivity index (χ1n) is 11.9. The number of carbonyl (C=O) groups excluding carboxylic acids is 2. The smallest absolute Gasteiger partial charge is 0.225 e. The number of ether oxygens (including phenoxy) is 2. The van der Waals surface area contributed by atoms with E-state index in [1.807, 2.05) is 6.92 Å². The Labute approximate surface area is 183 Å². The maximum Gasteiger partial charge on any atom is 0.225 e. The third-order valence-corrected chi connectivity index (χ3v) is 7.66. The third-order valence-electron chi connectivity index (χ3n) is 7.66. The van der Waals surface area contributed by atoms with Gasteiger partial charge in [-0.05, 0) is 37.0 Å². The highest BCUT2D eigenvalue weighted by Crippen LogP contribution is 2.50. The van der Waals surface area contributed by atoms with E-state index in [9.17, 15) is 9.59 Å². The predicted molar refractivity (Wildman–Crippen MR) is 119 cm³/mol. The van der Waals surface area contributed by atoms with Crippen molar-refractivity contribution in [3.8, 4) is 0 Å². The van der Waals surface area contributed by atoms with Gasteiger partial charge in [0.1, 0.15) is 0 Å². The van der Waals surface area contributed by atoms with Crippen molar-refractivity contribution in [1.29, 1.82) is 0 Å². The molecule has 2 fully saturated rings. The average Bonchev–Trinajstić information content (AvgIpc) is 3.41. The van der Waals surface area contributed by atoms with Crippen molar-refractivity contribution in [3.63, 3.8) is 0 Å². The molecule has 1 saturated heterocycles. The van der Waals surface area contributed by atoms with Crippen LogP contribution in [0.1, 0.15) is 72.6 Å². The number of carbonyl (C=O) groups is 2. The zero-order valence-electron chi connectivity index (χ0n) is 20.1.